The van der Waals surface area contributed by atoms with Gasteiger partial charge in [0.1, 0.15) is 11.0 Å². The first-order valence-corrected chi connectivity index (χ1v) is 6.92. The number of anilines is 1. The molecule has 4 nitrogen and oxygen atoms in total. The molecule has 0 spiro atoms. The summed E-state index contributed by atoms with van der Waals surface area (Å²) in [5, 5.41) is 11.4. The lowest BCUT2D eigenvalue weighted by Crippen LogP contribution is -2.14. The van der Waals surface area contributed by atoms with Crippen molar-refractivity contribution < 1.29 is 9.18 Å². The zero-order valence-corrected chi connectivity index (χ0v) is 13.1. The Morgan fingerprint density at radius 2 is 2.19 bits per heavy atom. The van der Waals surface area contributed by atoms with Gasteiger partial charge in [0.05, 0.1) is 17.2 Å². The molecule has 7 heteroatoms. The zero-order chi connectivity index (χ0) is 15.6. The van der Waals surface area contributed by atoms with Crippen LogP contribution in [0.2, 0.25) is 5.15 Å². The van der Waals surface area contributed by atoms with Gasteiger partial charge in [-0.3, -0.25) is 4.79 Å². The number of nitrogens with one attached hydrogen (secondary N) is 1. The number of hydrogen-bond donors (Lipinski definition) is 1. The molecule has 0 radical (unpaired) electrons. The van der Waals surface area contributed by atoms with Crippen LogP contribution in [0.25, 0.3) is 0 Å². The van der Waals surface area contributed by atoms with Crippen LogP contribution in [0.15, 0.2) is 28.9 Å². The molecule has 0 aliphatic rings. The van der Waals surface area contributed by atoms with E-state index >= 15 is 0 Å². The molecule has 0 aliphatic carbocycles. The molecule has 0 bridgehead atoms. The number of benzene rings is 1. The van der Waals surface area contributed by atoms with Crippen LogP contribution in [-0.2, 0) is 0 Å². The summed E-state index contributed by atoms with van der Waals surface area (Å²) in [5.74, 6) is -1.10. The van der Waals surface area contributed by atoms with Crippen molar-refractivity contribution >= 4 is 39.1 Å². The van der Waals surface area contributed by atoms with E-state index in [-0.39, 0.29) is 27.5 Å². The van der Waals surface area contributed by atoms with Gasteiger partial charge in [-0.1, -0.05) is 11.6 Å². The van der Waals surface area contributed by atoms with Gasteiger partial charge < -0.3 is 5.32 Å². The summed E-state index contributed by atoms with van der Waals surface area (Å²) in [4.78, 5) is 16.0. The van der Waals surface area contributed by atoms with E-state index in [1.807, 2.05) is 6.07 Å². The minimum atomic E-state index is -0.567. The predicted octanol–water partition coefficient (Wildman–Crippen LogP) is 4.07. The molecule has 0 fully saturated rings. The third-order valence-corrected chi connectivity index (χ3v) is 3.51. The van der Waals surface area contributed by atoms with Crippen molar-refractivity contribution in [2.75, 3.05) is 5.32 Å². The normalized spacial score (nSPS) is 10.0. The summed E-state index contributed by atoms with van der Waals surface area (Å²) >= 11 is 9.06. The molecule has 1 N–H and O–H groups in total. The third kappa shape index (κ3) is 3.38. The molecule has 1 aromatic carbocycles. The van der Waals surface area contributed by atoms with Crippen LogP contribution in [0.5, 0.6) is 0 Å². The van der Waals surface area contributed by atoms with E-state index in [0.717, 1.165) is 6.07 Å². The summed E-state index contributed by atoms with van der Waals surface area (Å²) in [6.45, 7) is 1.51. The first-order valence-electron chi connectivity index (χ1n) is 5.75. The lowest BCUT2D eigenvalue weighted by Gasteiger charge is -2.10. The fourth-order valence-electron chi connectivity index (χ4n) is 1.64. The second-order valence-corrected chi connectivity index (χ2v) is 5.46. The molecule has 0 saturated heterocycles. The van der Waals surface area contributed by atoms with Crippen molar-refractivity contribution in [3.63, 3.8) is 0 Å². The van der Waals surface area contributed by atoms with Gasteiger partial charge in [-0.05, 0) is 41.1 Å². The summed E-state index contributed by atoms with van der Waals surface area (Å²) < 4.78 is 14.3. The zero-order valence-electron chi connectivity index (χ0n) is 10.7. The summed E-state index contributed by atoms with van der Waals surface area (Å²) in [6.07, 6.45) is 1.46. The molecule has 1 heterocycles. The average molecular weight is 369 g/mol. The first kappa shape index (κ1) is 15.4. The lowest BCUT2D eigenvalue weighted by atomic mass is 10.1. The Morgan fingerprint density at radius 3 is 2.86 bits per heavy atom. The van der Waals surface area contributed by atoms with E-state index in [2.05, 4.69) is 26.2 Å². The Bertz CT molecular complexity index is 774. The molecule has 2 aromatic rings. The van der Waals surface area contributed by atoms with Crippen molar-refractivity contribution in [3.05, 3.63) is 56.5 Å². The highest BCUT2D eigenvalue weighted by Gasteiger charge is 2.15. The standard InChI is InChI=1S/C14H8BrClFN3O/c1-7-11(17)2-8(5-18)3-12(7)20-14(21)10-4-9(15)6-19-13(10)16/h2-4,6H,1H3,(H,20,21). The monoisotopic (exact) mass is 367 g/mol. The molecule has 0 atom stereocenters. The number of halogens is 3. The van der Waals surface area contributed by atoms with Crippen LogP contribution in [0.4, 0.5) is 10.1 Å². The lowest BCUT2D eigenvalue weighted by molar-refractivity contribution is 0.102. The fourth-order valence-corrected chi connectivity index (χ4v) is 2.17. The van der Waals surface area contributed by atoms with E-state index in [4.69, 9.17) is 16.9 Å². The summed E-state index contributed by atoms with van der Waals surface area (Å²) in [5.41, 5.74) is 0.717. The highest BCUT2D eigenvalue weighted by Crippen LogP contribution is 2.23. The van der Waals surface area contributed by atoms with E-state index in [1.165, 1.54) is 25.3 Å². The molecule has 1 aromatic heterocycles. The van der Waals surface area contributed by atoms with E-state index in [1.54, 1.807) is 0 Å². The Hall–Kier alpha value is -1.97. The van der Waals surface area contributed by atoms with Gasteiger partial charge in [0, 0.05) is 21.9 Å². The topological polar surface area (TPSA) is 65.8 Å². The average Bonchev–Trinajstić information content (AvgIpc) is 2.46. The second kappa shape index (κ2) is 6.20. The first-order chi connectivity index (χ1) is 9.92. The van der Waals surface area contributed by atoms with Crippen molar-refractivity contribution in [2.24, 2.45) is 0 Å². The van der Waals surface area contributed by atoms with Gasteiger partial charge in [-0.15, -0.1) is 0 Å². The minimum Gasteiger partial charge on any atom is -0.322 e. The molecule has 106 valence electrons. The van der Waals surface area contributed by atoms with Crippen molar-refractivity contribution in [2.45, 2.75) is 6.92 Å². The van der Waals surface area contributed by atoms with Gasteiger partial charge in [-0.25, -0.2) is 9.37 Å². The van der Waals surface area contributed by atoms with Crippen molar-refractivity contribution in [1.82, 2.24) is 4.98 Å². The Labute approximate surface area is 133 Å². The van der Waals surface area contributed by atoms with Gasteiger partial charge in [0.25, 0.3) is 5.91 Å². The molecule has 1 amide bonds. The number of carbonyl (C=O) groups is 1. The molecule has 0 saturated carbocycles. The number of pyridine rings is 1. The molecule has 0 unspecified atom stereocenters. The molecular weight excluding hydrogens is 361 g/mol. The van der Waals surface area contributed by atoms with Crippen LogP contribution >= 0.6 is 27.5 Å². The summed E-state index contributed by atoms with van der Waals surface area (Å²) in [7, 11) is 0. The van der Waals surface area contributed by atoms with Crippen LogP contribution in [-0.4, -0.2) is 10.9 Å². The predicted molar refractivity (Wildman–Crippen MR) is 80.8 cm³/mol. The number of nitriles is 1. The fraction of sp³-hybridized carbons (Fsp3) is 0.0714. The van der Waals surface area contributed by atoms with Crippen LogP contribution in [0.3, 0.4) is 0 Å². The minimum absolute atomic E-state index is 0.0327. The SMILES string of the molecule is Cc1c(F)cc(C#N)cc1NC(=O)c1cc(Br)cnc1Cl. The van der Waals surface area contributed by atoms with Gasteiger partial charge in [0.2, 0.25) is 0 Å². The molecule has 21 heavy (non-hydrogen) atoms. The maximum atomic E-state index is 13.7. The van der Waals surface area contributed by atoms with Gasteiger partial charge in [-0.2, -0.15) is 5.26 Å². The number of hydrogen-bond acceptors (Lipinski definition) is 3. The number of rotatable bonds is 2. The number of carbonyl (C=O) groups excluding carboxylic acids is 1. The Balaban J connectivity index is 2.38. The van der Waals surface area contributed by atoms with Gasteiger partial charge in [0.15, 0.2) is 0 Å². The third-order valence-electron chi connectivity index (χ3n) is 2.77. The quantitative estimate of drug-likeness (QED) is 0.813. The molecular formula is C14H8BrClFN3O. The highest BCUT2D eigenvalue weighted by atomic mass is 79.9. The summed E-state index contributed by atoms with van der Waals surface area (Å²) in [6, 6.07) is 5.84. The second-order valence-electron chi connectivity index (χ2n) is 4.19. The number of amides is 1. The van der Waals surface area contributed by atoms with E-state index in [0.29, 0.717) is 4.47 Å². The largest absolute Gasteiger partial charge is 0.322 e. The van der Waals surface area contributed by atoms with Crippen molar-refractivity contribution in [3.8, 4) is 6.07 Å². The number of nitrogens with zero attached hydrogens (tertiary/aromatic N) is 2. The smallest absolute Gasteiger partial charge is 0.258 e. The highest BCUT2D eigenvalue weighted by molar-refractivity contribution is 9.10. The molecule has 2 rings (SSSR count). The van der Waals surface area contributed by atoms with Crippen molar-refractivity contribution in [1.29, 1.82) is 5.26 Å². The van der Waals surface area contributed by atoms with E-state index < -0.39 is 11.7 Å². The Morgan fingerprint density at radius 1 is 1.48 bits per heavy atom. The van der Waals surface area contributed by atoms with Crippen LogP contribution < -0.4 is 5.32 Å². The molecule has 0 aliphatic heterocycles. The van der Waals surface area contributed by atoms with Gasteiger partial charge >= 0.3 is 0 Å². The maximum absolute atomic E-state index is 13.7. The maximum Gasteiger partial charge on any atom is 0.258 e. The number of aromatic nitrogens is 1. The van der Waals surface area contributed by atoms with E-state index in [9.17, 15) is 9.18 Å². The van der Waals surface area contributed by atoms with Crippen LogP contribution in [0.1, 0.15) is 21.5 Å². The van der Waals surface area contributed by atoms with Crippen LogP contribution in [0, 0.1) is 24.1 Å². The Kier molecular flexibility index (Phi) is 4.56.